The number of phosphoric acid groups is 2. The molecule has 0 bridgehead atoms. The first-order chi connectivity index (χ1) is 8.00. The van der Waals surface area contributed by atoms with Crippen LogP contribution in [0.4, 0.5) is 0 Å². The second-order valence-electron chi connectivity index (χ2n) is 1.03. The summed E-state index contributed by atoms with van der Waals surface area (Å²) >= 11 is 0. The van der Waals surface area contributed by atoms with Crippen molar-refractivity contribution in [3.05, 3.63) is 0 Å². The number of rotatable bonds is 0. The molecule has 0 heterocycles. The van der Waals surface area contributed by atoms with Gasteiger partial charge in [0, 0.05) is 0 Å². The van der Waals surface area contributed by atoms with Crippen LogP contribution in [0.2, 0.25) is 0 Å². The van der Waals surface area contributed by atoms with Crippen molar-refractivity contribution in [2.45, 2.75) is 62.8 Å². The van der Waals surface area contributed by atoms with Crippen molar-refractivity contribution in [1.29, 1.82) is 0 Å². The van der Waals surface area contributed by atoms with Gasteiger partial charge >= 0.3 is 15.6 Å². The fourth-order valence-corrected chi connectivity index (χ4v) is 0. The van der Waals surface area contributed by atoms with Crippen LogP contribution in [0.25, 0.3) is 0 Å². The van der Waals surface area contributed by atoms with Gasteiger partial charge in [0.2, 0.25) is 0 Å². The van der Waals surface area contributed by atoms with Crippen LogP contribution >= 0.6 is 15.6 Å². The maximum atomic E-state index is 8.88. The first kappa shape index (κ1) is 42.7. The third-order valence-corrected chi connectivity index (χ3v) is 0. The van der Waals surface area contributed by atoms with Gasteiger partial charge in [-0.25, -0.2) is 9.13 Å². The first-order valence-electron chi connectivity index (χ1n) is 5.57. The predicted molar refractivity (Wildman–Crippen MR) is 80.6 cm³/mol. The molecule has 128 valence electrons. The van der Waals surface area contributed by atoms with Gasteiger partial charge in [-0.1, -0.05) is 62.8 Å². The van der Waals surface area contributed by atoms with Crippen LogP contribution < -0.4 is 0 Å². The standard InChI is InChI=1S/4C2H6.CH4.2H3O4P/c4*1-2;;2*1-5(2,3)4/h4*1-2H3;1H4;2*(H3,1,2,3,4). The van der Waals surface area contributed by atoms with Gasteiger partial charge in [-0.15, -0.1) is 0 Å². The Hall–Kier alpha value is 0.220. The van der Waals surface area contributed by atoms with Gasteiger partial charge in [0.1, 0.15) is 0 Å². The summed E-state index contributed by atoms with van der Waals surface area (Å²) in [4.78, 5) is 43.1. The van der Waals surface area contributed by atoms with Crippen LogP contribution in [-0.4, -0.2) is 29.4 Å². The zero-order chi connectivity index (χ0) is 17.0. The Balaban J connectivity index is -0.0000000194. The van der Waals surface area contributed by atoms with Crippen molar-refractivity contribution in [3.8, 4) is 0 Å². The van der Waals surface area contributed by atoms with E-state index in [2.05, 4.69) is 0 Å². The minimum atomic E-state index is -4.64. The molecule has 0 spiro atoms. The second-order valence-corrected chi connectivity index (χ2v) is 3.08. The van der Waals surface area contributed by atoms with Gasteiger partial charge in [0.05, 0.1) is 0 Å². The van der Waals surface area contributed by atoms with Gasteiger partial charge in [0.25, 0.3) is 0 Å². The summed E-state index contributed by atoms with van der Waals surface area (Å²) in [6.45, 7) is 16.0. The van der Waals surface area contributed by atoms with Crippen molar-refractivity contribution in [3.63, 3.8) is 0 Å². The smallest absolute Gasteiger partial charge is 0.303 e. The van der Waals surface area contributed by atoms with Gasteiger partial charge in [0.15, 0.2) is 0 Å². The van der Waals surface area contributed by atoms with Crippen molar-refractivity contribution in [2.75, 3.05) is 0 Å². The summed E-state index contributed by atoms with van der Waals surface area (Å²) < 4.78 is 17.8. The molecule has 19 heavy (non-hydrogen) atoms. The van der Waals surface area contributed by atoms with E-state index in [1.165, 1.54) is 0 Å². The summed E-state index contributed by atoms with van der Waals surface area (Å²) in [6, 6.07) is 0. The highest BCUT2D eigenvalue weighted by Crippen LogP contribution is 2.26. The zero-order valence-electron chi connectivity index (χ0n) is 12.4. The summed E-state index contributed by atoms with van der Waals surface area (Å²) in [5.41, 5.74) is 0. The minimum absolute atomic E-state index is 0. The average molecular weight is 332 g/mol. The highest BCUT2D eigenvalue weighted by Gasteiger charge is 2.00. The van der Waals surface area contributed by atoms with Crippen LogP contribution in [-0.2, 0) is 9.13 Å². The molecule has 0 aliphatic rings. The fourth-order valence-electron chi connectivity index (χ4n) is 0. The lowest BCUT2D eigenvalue weighted by Crippen LogP contribution is -1.66. The quantitative estimate of drug-likeness (QED) is 0.370. The Kier molecular flexibility index (Phi) is 81.4. The van der Waals surface area contributed by atoms with E-state index in [-0.39, 0.29) is 7.43 Å². The number of hydrogen-bond donors (Lipinski definition) is 6. The topological polar surface area (TPSA) is 156 Å². The molecule has 0 fully saturated rings. The van der Waals surface area contributed by atoms with E-state index in [1.54, 1.807) is 0 Å². The third kappa shape index (κ3) is 99000. The number of hydrogen-bond acceptors (Lipinski definition) is 2. The molecule has 0 amide bonds. The van der Waals surface area contributed by atoms with Crippen molar-refractivity contribution >= 4 is 15.6 Å². The molecule has 0 rings (SSSR count). The van der Waals surface area contributed by atoms with Crippen LogP contribution in [0.15, 0.2) is 0 Å². The van der Waals surface area contributed by atoms with E-state index in [1.807, 2.05) is 55.4 Å². The van der Waals surface area contributed by atoms with E-state index in [9.17, 15) is 0 Å². The molecule has 0 radical (unpaired) electrons. The van der Waals surface area contributed by atoms with E-state index < -0.39 is 15.6 Å². The highest BCUT2D eigenvalue weighted by atomic mass is 31.2. The molecule has 0 saturated heterocycles. The Bertz CT molecular complexity index is 139. The molecular formula is C9H34O8P2. The van der Waals surface area contributed by atoms with Gasteiger partial charge < -0.3 is 29.4 Å². The molecule has 0 saturated carbocycles. The average Bonchev–Trinajstić information content (AvgIpc) is 2.24. The molecule has 0 aromatic carbocycles. The van der Waals surface area contributed by atoms with E-state index in [0.717, 1.165) is 0 Å². The molecular weight excluding hydrogens is 298 g/mol. The Labute approximate surface area is 118 Å². The van der Waals surface area contributed by atoms with Crippen LogP contribution in [0, 0.1) is 0 Å². The summed E-state index contributed by atoms with van der Waals surface area (Å²) in [6.07, 6.45) is 0. The van der Waals surface area contributed by atoms with Crippen LogP contribution in [0.5, 0.6) is 0 Å². The SMILES string of the molecule is C.CC.CC.CC.CC.O=P(O)(O)O.O=P(O)(O)O. The van der Waals surface area contributed by atoms with E-state index >= 15 is 0 Å². The van der Waals surface area contributed by atoms with Crippen molar-refractivity contribution in [1.82, 2.24) is 0 Å². The molecule has 8 nitrogen and oxygen atoms in total. The summed E-state index contributed by atoms with van der Waals surface area (Å²) in [7, 11) is -9.28. The monoisotopic (exact) mass is 332 g/mol. The molecule has 6 N–H and O–H groups in total. The van der Waals surface area contributed by atoms with Crippen LogP contribution in [0.1, 0.15) is 62.8 Å². The molecule has 10 heteroatoms. The predicted octanol–water partition coefficient (Wildman–Crippen LogP) is 2.88. The zero-order valence-corrected chi connectivity index (χ0v) is 14.2. The maximum Gasteiger partial charge on any atom is 0.466 e. The Morgan fingerprint density at radius 3 is 0.474 bits per heavy atom. The molecule has 0 atom stereocenters. The van der Waals surface area contributed by atoms with Gasteiger partial charge in [-0.05, 0) is 0 Å². The maximum absolute atomic E-state index is 8.88. The first-order valence-corrected chi connectivity index (χ1v) is 8.70. The van der Waals surface area contributed by atoms with E-state index in [0.29, 0.717) is 0 Å². The summed E-state index contributed by atoms with van der Waals surface area (Å²) in [5.74, 6) is 0. The highest BCUT2D eigenvalue weighted by molar-refractivity contribution is 7.45. The Morgan fingerprint density at radius 2 is 0.474 bits per heavy atom. The summed E-state index contributed by atoms with van der Waals surface area (Å²) in [5, 5.41) is 0. The lowest BCUT2D eigenvalue weighted by Gasteiger charge is -1.82. The molecule has 0 aliphatic carbocycles. The van der Waals surface area contributed by atoms with Crippen molar-refractivity contribution in [2.24, 2.45) is 0 Å². The van der Waals surface area contributed by atoms with Gasteiger partial charge in [-0.3, -0.25) is 0 Å². The van der Waals surface area contributed by atoms with Gasteiger partial charge in [-0.2, -0.15) is 0 Å². The van der Waals surface area contributed by atoms with E-state index in [4.69, 9.17) is 38.5 Å². The Morgan fingerprint density at radius 1 is 0.474 bits per heavy atom. The molecule has 0 unspecified atom stereocenters. The second kappa shape index (κ2) is 36.2. The normalized spacial score (nSPS) is 7.47. The fraction of sp³-hybridized carbons (Fsp3) is 1.00. The van der Waals surface area contributed by atoms with Crippen LogP contribution in [0.3, 0.4) is 0 Å². The lowest BCUT2D eigenvalue weighted by atomic mass is 11.0. The third-order valence-electron chi connectivity index (χ3n) is 0. The minimum Gasteiger partial charge on any atom is -0.303 e. The lowest BCUT2D eigenvalue weighted by molar-refractivity contribution is 0.272. The molecule has 0 aromatic rings. The van der Waals surface area contributed by atoms with Crippen molar-refractivity contribution < 1.29 is 38.5 Å². The largest absolute Gasteiger partial charge is 0.466 e. The molecule has 0 aromatic heterocycles. The molecule has 0 aliphatic heterocycles.